The monoisotopic (exact) mass is 549 g/mol. The lowest BCUT2D eigenvalue weighted by Crippen LogP contribution is -2.61. The van der Waals surface area contributed by atoms with Crippen LogP contribution < -0.4 is 16.1 Å². The minimum Gasteiger partial charge on any atom is -0.457 e. The normalized spacial score (nSPS) is 27.2. The van der Waals surface area contributed by atoms with Crippen LogP contribution >= 0.6 is 0 Å². The Labute approximate surface area is 234 Å². The Bertz CT molecular complexity index is 1310. The molecule has 10 heteroatoms. The molecule has 1 fully saturated rings. The van der Waals surface area contributed by atoms with Crippen molar-refractivity contribution in [3.63, 3.8) is 0 Å². The molecule has 2 aliphatic heterocycles. The Hall–Kier alpha value is -3.79. The molecule has 10 nitrogen and oxygen atoms in total. The molecule has 5 atom stereocenters. The van der Waals surface area contributed by atoms with Crippen molar-refractivity contribution >= 4 is 40.5 Å². The first kappa shape index (κ1) is 29.2. The second-order valence-electron chi connectivity index (χ2n) is 11.1. The molecule has 1 saturated heterocycles. The number of fused-ring (bicyclic) bond motifs is 4. The fourth-order valence-electron chi connectivity index (χ4n) is 4.89. The number of esters is 1. The van der Waals surface area contributed by atoms with Crippen molar-refractivity contribution in [2.24, 2.45) is 11.8 Å². The van der Waals surface area contributed by atoms with Crippen LogP contribution in [0, 0.1) is 11.8 Å². The van der Waals surface area contributed by atoms with Crippen molar-refractivity contribution in [3.05, 3.63) is 47.8 Å². The quantitative estimate of drug-likeness (QED) is 0.466. The van der Waals surface area contributed by atoms with Gasteiger partial charge in [0.15, 0.2) is 0 Å². The predicted octanol–water partition coefficient (Wildman–Crippen LogP) is 3.03. The van der Waals surface area contributed by atoms with Crippen LogP contribution in [0.5, 0.6) is 0 Å². The molecule has 2 aromatic rings. The van der Waals surface area contributed by atoms with Crippen LogP contribution in [0.4, 0.5) is 0 Å². The Morgan fingerprint density at radius 3 is 2.52 bits per heavy atom. The molecule has 1 aromatic heterocycles. The van der Waals surface area contributed by atoms with Gasteiger partial charge in [-0.15, -0.1) is 0 Å². The van der Waals surface area contributed by atoms with E-state index in [2.05, 4.69) is 21.0 Å². The van der Waals surface area contributed by atoms with E-state index in [9.17, 15) is 19.2 Å². The fourth-order valence-corrected chi connectivity index (χ4v) is 4.89. The number of nitrogens with one attached hydrogen (secondary N) is 3. The van der Waals surface area contributed by atoms with Crippen LogP contribution in [0.2, 0.25) is 0 Å². The summed E-state index contributed by atoms with van der Waals surface area (Å²) in [4.78, 5) is 56.8. The van der Waals surface area contributed by atoms with Gasteiger partial charge in [-0.3, -0.25) is 29.2 Å². The van der Waals surface area contributed by atoms with Crippen molar-refractivity contribution in [3.8, 4) is 0 Å². The maximum Gasteiger partial charge on any atom is 0.325 e. The topological polar surface area (TPSA) is 130 Å². The highest BCUT2D eigenvalue weighted by Crippen LogP contribution is 2.24. The molecule has 3 amide bonds. The number of hydrogen-bond acceptors (Lipinski definition) is 7. The molecule has 0 saturated carbocycles. The number of cyclic esters (lactones) is 1. The lowest BCUT2D eigenvalue weighted by atomic mass is 10.00. The number of nitrogens with zero attached hydrogens (tertiary/aromatic N) is 2. The van der Waals surface area contributed by atoms with E-state index in [4.69, 9.17) is 4.74 Å². The molecule has 0 unspecified atom stereocenters. The van der Waals surface area contributed by atoms with Gasteiger partial charge in [0.1, 0.15) is 24.2 Å². The van der Waals surface area contributed by atoms with E-state index in [1.54, 1.807) is 20.0 Å². The zero-order valence-corrected chi connectivity index (χ0v) is 23.8. The van der Waals surface area contributed by atoms with Gasteiger partial charge in [-0.2, -0.15) is 0 Å². The average Bonchev–Trinajstić information content (AvgIpc) is 2.94. The van der Waals surface area contributed by atoms with E-state index in [1.165, 1.54) is 5.01 Å². The number of hydrazine groups is 1. The Morgan fingerprint density at radius 2 is 1.77 bits per heavy atom. The van der Waals surface area contributed by atoms with Gasteiger partial charge < -0.3 is 15.4 Å². The number of carbonyl (C=O) groups excluding carboxylic acids is 4. The van der Waals surface area contributed by atoms with E-state index in [0.717, 1.165) is 22.0 Å². The highest BCUT2D eigenvalue weighted by Gasteiger charge is 2.34. The zero-order valence-electron chi connectivity index (χ0n) is 23.8. The number of amides is 3. The number of hydrogen-bond donors (Lipinski definition) is 3. The lowest BCUT2D eigenvalue weighted by molar-refractivity contribution is -0.157. The van der Waals surface area contributed by atoms with Crippen LogP contribution in [-0.2, 0) is 23.9 Å². The Morgan fingerprint density at radius 1 is 1.00 bits per heavy atom. The molecule has 5 bridgehead atoms. The molecule has 214 valence electrons. The molecule has 0 aliphatic carbocycles. The summed E-state index contributed by atoms with van der Waals surface area (Å²) in [6, 6.07) is 5.43. The number of allylic oxidation sites excluding steroid dienone is 1. The third-order valence-corrected chi connectivity index (χ3v) is 7.47. The summed E-state index contributed by atoms with van der Waals surface area (Å²) in [6.45, 7) is 9.30. The third-order valence-electron chi connectivity index (χ3n) is 7.47. The molecular weight excluding hydrogens is 510 g/mol. The summed E-state index contributed by atoms with van der Waals surface area (Å²) in [5.74, 6) is -2.07. The lowest BCUT2D eigenvalue weighted by Gasteiger charge is -2.35. The van der Waals surface area contributed by atoms with Crippen LogP contribution in [0.3, 0.4) is 0 Å². The third kappa shape index (κ3) is 6.85. The minimum absolute atomic E-state index is 0.194. The van der Waals surface area contributed by atoms with E-state index >= 15 is 0 Å². The van der Waals surface area contributed by atoms with Gasteiger partial charge in [0.25, 0.3) is 5.91 Å². The number of aromatic nitrogens is 1. The molecule has 2 aliphatic rings. The van der Waals surface area contributed by atoms with Crippen molar-refractivity contribution < 1.29 is 23.9 Å². The van der Waals surface area contributed by atoms with Gasteiger partial charge in [-0.05, 0) is 68.2 Å². The number of ether oxygens (including phenoxy) is 1. The smallest absolute Gasteiger partial charge is 0.325 e. The molecule has 4 rings (SSSR count). The first-order valence-corrected chi connectivity index (χ1v) is 14.0. The van der Waals surface area contributed by atoms with Crippen LogP contribution in [0.25, 0.3) is 16.8 Å². The highest BCUT2D eigenvalue weighted by atomic mass is 16.5. The molecule has 40 heavy (non-hydrogen) atoms. The predicted molar refractivity (Wildman–Crippen MR) is 151 cm³/mol. The molecule has 1 aromatic carbocycles. The Balaban J connectivity index is 1.63. The van der Waals surface area contributed by atoms with Crippen molar-refractivity contribution in [2.45, 2.75) is 78.1 Å². The maximum atomic E-state index is 13.2. The van der Waals surface area contributed by atoms with E-state index in [0.29, 0.717) is 25.8 Å². The van der Waals surface area contributed by atoms with Crippen molar-refractivity contribution in [1.82, 2.24) is 26.1 Å². The highest BCUT2D eigenvalue weighted by molar-refractivity contribution is 5.92. The van der Waals surface area contributed by atoms with E-state index < -0.39 is 36.1 Å². The van der Waals surface area contributed by atoms with Gasteiger partial charge in [-0.1, -0.05) is 39.0 Å². The molecule has 0 radical (unpaired) electrons. The second kappa shape index (κ2) is 12.6. The van der Waals surface area contributed by atoms with Crippen LogP contribution in [0.15, 0.2) is 36.5 Å². The largest absolute Gasteiger partial charge is 0.457 e. The van der Waals surface area contributed by atoms with Gasteiger partial charge >= 0.3 is 5.97 Å². The van der Waals surface area contributed by atoms with E-state index in [1.807, 2.05) is 57.2 Å². The number of pyridine rings is 1. The maximum absolute atomic E-state index is 13.2. The minimum atomic E-state index is -0.863. The Kier molecular flexibility index (Phi) is 9.19. The number of rotatable bonds is 1. The summed E-state index contributed by atoms with van der Waals surface area (Å²) in [7, 11) is 0. The first-order valence-electron chi connectivity index (χ1n) is 14.0. The van der Waals surface area contributed by atoms with Gasteiger partial charge in [0.2, 0.25) is 11.8 Å². The molecule has 0 spiro atoms. The van der Waals surface area contributed by atoms with Crippen LogP contribution in [-0.4, -0.2) is 58.4 Å². The number of benzene rings is 1. The molecule has 3 heterocycles. The van der Waals surface area contributed by atoms with Crippen LogP contribution in [0.1, 0.15) is 71.2 Å². The van der Waals surface area contributed by atoms with Gasteiger partial charge in [0, 0.05) is 24.0 Å². The second-order valence-corrected chi connectivity index (χ2v) is 11.1. The van der Waals surface area contributed by atoms with Crippen molar-refractivity contribution in [1.29, 1.82) is 0 Å². The first-order chi connectivity index (χ1) is 19.0. The standard InChI is InChI=1S/C30H39N5O5/c1-17(2)26-28(37)32-19(4)29(38)35-13-7-10-25(34-35)30(39)40-20(5)21-11-12-22-16-31-24(15-23(22)14-21)9-6-8-18(3)27(36)33-26/h6,9,11-12,14-20,25-26,34H,7-8,10,13H2,1-5H3,(H,32,37)(H,33,36)/t18-,19+,20-,25+,26+/m1/s1. The summed E-state index contributed by atoms with van der Waals surface area (Å²) in [5.41, 5.74) is 4.57. The molecule has 3 N–H and O–H groups in total. The molecular formula is C30H39N5O5. The van der Waals surface area contributed by atoms with E-state index in [-0.39, 0.29) is 23.7 Å². The summed E-state index contributed by atoms with van der Waals surface area (Å²) in [5, 5.41) is 8.87. The average molecular weight is 550 g/mol. The summed E-state index contributed by atoms with van der Waals surface area (Å²) in [6.07, 6.45) is 6.64. The SMILES string of the molecule is CC(C)[C@@H]1NC(=O)[C@H](C)CC=Cc2cc3cc(ccc3cn2)[C@@H](C)OC(=O)[C@@H]2CCCN(N2)C(=O)[C@H](C)NC1=O. The fraction of sp³-hybridized carbons (Fsp3) is 0.500. The van der Waals surface area contributed by atoms with Crippen molar-refractivity contribution in [2.75, 3.05) is 6.54 Å². The van der Waals surface area contributed by atoms with Gasteiger partial charge in [-0.25, -0.2) is 5.43 Å². The summed E-state index contributed by atoms with van der Waals surface area (Å²) >= 11 is 0. The zero-order chi connectivity index (χ0) is 29.0. The summed E-state index contributed by atoms with van der Waals surface area (Å²) < 4.78 is 5.80. The van der Waals surface area contributed by atoms with Gasteiger partial charge in [0.05, 0.1) is 5.69 Å². The number of carbonyl (C=O) groups is 4.